The molecule has 0 aromatic heterocycles. The van der Waals surface area contributed by atoms with E-state index in [2.05, 4.69) is 10.6 Å². The number of carbonyl (C=O) groups excluding carboxylic acids is 1. The molecule has 0 aliphatic carbocycles. The highest BCUT2D eigenvalue weighted by Crippen LogP contribution is 2.26. The zero-order valence-corrected chi connectivity index (χ0v) is 12.2. The highest BCUT2D eigenvalue weighted by atomic mass is 35.5. The van der Waals surface area contributed by atoms with E-state index in [0.717, 1.165) is 17.3 Å². The van der Waals surface area contributed by atoms with Crippen molar-refractivity contribution >= 4 is 41.8 Å². The van der Waals surface area contributed by atoms with E-state index in [1.165, 1.54) is 0 Å². The molecule has 2 N–H and O–H groups in total. The summed E-state index contributed by atoms with van der Waals surface area (Å²) in [5.41, 5.74) is 0. The van der Waals surface area contributed by atoms with Gasteiger partial charge in [0.25, 0.3) is 5.92 Å². The Labute approximate surface area is 120 Å². The van der Waals surface area contributed by atoms with Gasteiger partial charge in [-0.3, -0.25) is 10.1 Å². The first-order chi connectivity index (χ1) is 8.07. The summed E-state index contributed by atoms with van der Waals surface area (Å²) in [4.78, 5) is 11.7. The topological polar surface area (TPSA) is 41.1 Å². The molecule has 0 bridgehead atoms. The van der Waals surface area contributed by atoms with Gasteiger partial charge in [0, 0.05) is 35.5 Å². The van der Waals surface area contributed by atoms with Crippen LogP contribution in [-0.4, -0.2) is 53.5 Å². The number of alkyl halides is 2. The van der Waals surface area contributed by atoms with E-state index in [-0.39, 0.29) is 31.3 Å². The lowest BCUT2D eigenvalue weighted by atomic mass is 10.2. The van der Waals surface area contributed by atoms with Crippen LogP contribution in [0.4, 0.5) is 8.78 Å². The lowest BCUT2D eigenvalue weighted by Crippen LogP contribution is -2.43. The third-order valence-electron chi connectivity index (χ3n) is 2.82. The predicted molar refractivity (Wildman–Crippen MR) is 75.2 cm³/mol. The van der Waals surface area contributed by atoms with Crippen molar-refractivity contribution in [2.45, 2.75) is 23.6 Å². The third-order valence-corrected chi connectivity index (χ3v) is 5.66. The monoisotopic (exact) mass is 318 g/mol. The SMILES string of the molecule is Cl.O=C(NCC1CSCCS1)C1CC(F)(F)CN1. The maximum absolute atomic E-state index is 12.9. The van der Waals surface area contributed by atoms with Gasteiger partial charge in [-0.25, -0.2) is 8.78 Å². The van der Waals surface area contributed by atoms with Crippen LogP contribution in [0, 0.1) is 0 Å². The number of hydrogen-bond acceptors (Lipinski definition) is 4. The molecule has 2 unspecified atom stereocenters. The van der Waals surface area contributed by atoms with Crippen LogP contribution in [0.2, 0.25) is 0 Å². The van der Waals surface area contributed by atoms with Crippen molar-refractivity contribution in [3.8, 4) is 0 Å². The molecule has 3 nitrogen and oxygen atoms in total. The van der Waals surface area contributed by atoms with Gasteiger partial charge in [-0.2, -0.15) is 23.5 Å². The van der Waals surface area contributed by atoms with E-state index in [1.807, 2.05) is 23.5 Å². The number of hydrogen-bond donors (Lipinski definition) is 2. The van der Waals surface area contributed by atoms with Gasteiger partial charge in [0.05, 0.1) is 12.6 Å². The largest absolute Gasteiger partial charge is 0.354 e. The lowest BCUT2D eigenvalue weighted by Gasteiger charge is -2.22. The van der Waals surface area contributed by atoms with Gasteiger partial charge >= 0.3 is 0 Å². The maximum atomic E-state index is 12.9. The number of nitrogens with one attached hydrogen (secondary N) is 2. The molecule has 8 heteroatoms. The van der Waals surface area contributed by atoms with Crippen LogP contribution in [0.25, 0.3) is 0 Å². The summed E-state index contributed by atoms with van der Waals surface area (Å²) in [6.07, 6.45) is -0.384. The van der Waals surface area contributed by atoms with E-state index < -0.39 is 12.0 Å². The lowest BCUT2D eigenvalue weighted by molar-refractivity contribution is -0.123. The molecule has 0 aromatic rings. The van der Waals surface area contributed by atoms with Crippen LogP contribution in [-0.2, 0) is 4.79 Å². The smallest absolute Gasteiger partial charge is 0.262 e. The summed E-state index contributed by atoms with van der Waals surface area (Å²) in [6, 6.07) is -0.730. The van der Waals surface area contributed by atoms with E-state index in [1.54, 1.807) is 0 Å². The molecular formula is C10H17ClF2N2OS2. The Kier molecular flexibility index (Phi) is 6.50. The van der Waals surface area contributed by atoms with Crippen molar-refractivity contribution in [3.63, 3.8) is 0 Å². The fourth-order valence-electron chi connectivity index (χ4n) is 1.89. The normalized spacial score (nSPS) is 30.6. The first kappa shape index (κ1) is 16.3. The second-order valence-electron chi connectivity index (χ2n) is 4.31. The average Bonchev–Trinajstić information content (AvgIpc) is 2.68. The van der Waals surface area contributed by atoms with E-state index in [0.29, 0.717) is 11.8 Å². The number of halogens is 3. The van der Waals surface area contributed by atoms with Gasteiger partial charge < -0.3 is 5.32 Å². The Bertz CT molecular complexity index is 291. The molecule has 106 valence electrons. The van der Waals surface area contributed by atoms with Crippen LogP contribution in [0.15, 0.2) is 0 Å². The molecule has 0 spiro atoms. The molecule has 2 fully saturated rings. The van der Waals surface area contributed by atoms with Crippen molar-refractivity contribution < 1.29 is 13.6 Å². The number of rotatable bonds is 3. The Balaban J connectivity index is 0.00000162. The third kappa shape index (κ3) is 4.75. The van der Waals surface area contributed by atoms with Crippen LogP contribution >= 0.6 is 35.9 Å². The van der Waals surface area contributed by atoms with Crippen molar-refractivity contribution in [1.82, 2.24) is 10.6 Å². The fourth-order valence-corrected chi connectivity index (χ4v) is 4.50. The first-order valence-corrected chi connectivity index (χ1v) is 7.85. The highest BCUT2D eigenvalue weighted by Gasteiger charge is 2.42. The van der Waals surface area contributed by atoms with Gasteiger partial charge in [-0.05, 0) is 0 Å². The zero-order chi connectivity index (χ0) is 12.3. The van der Waals surface area contributed by atoms with Crippen LogP contribution in [0.3, 0.4) is 0 Å². The highest BCUT2D eigenvalue weighted by molar-refractivity contribution is 8.06. The summed E-state index contributed by atoms with van der Waals surface area (Å²) >= 11 is 3.72. The minimum atomic E-state index is -2.74. The molecule has 0 aromatic carbocycles. The molecule has 2 aliphatic rings. The molecule has 2 aliphatic heterocycles. The molecule has 2 rings (SSSR count). The average molecular weight is 319 g/mol. The quantitative estimate of drug-likeness (QED) is 0.825. The first-order valence-electron chi connectivity index (χ1n) is 5.65. The van der Waals surface area contributed by atoms with Crippen molar-refractivity contribution in [1.29, 1.82) is 0 Å². The molecular weight excluding hydrogens is 302 g/mol. The molecule has 2 saturated heterocycles. The maximum Gasteiger partial charge on any atom is 0.262 e. The van der Waals surface area contributed by atoms with Gasteiger partial charge in [-0.15, -0.1) is 12.4 Å². The Morgan fingerprint density at radius 2 is 2.22 bits per heavy atom. The molecule has 0 saturated carbocycles. The van der Waals surface area contributed by atoms with Crippen molar-refractivity contribution in [2.75, 3.05) is 30.3 Å². The Morgan fingerprint density at radius 1 is 1.44 bits per heavy atom. The predicted octanol–water partition coefficient (Wildman–Crippen LogP) is 1.37. The van der Waals surface area contributed by atoms with Crippen molar-refractivity contribution in [2.24, 2.45) is 0 Å². The fraction of sp³-hybridized carbons (Fsp3) is 0.900. The van der Waals surface area contributed by atoms with Crippen LogP contribution < -0.4 is 10.6 Å². The van der Waals surface area contributed by atoms with Gasteiger partial charge in [0.1, 0.15) is 0 Å². The second-order valence-corrected chi connectivity index (χ2v) is 6.86. The molecule has 2 atom stereocenters. The van der Waals surface area contributed by atoms with E-state index in [4.69, 9.17) is 0 Å². The summed E-state index contributed by atoms with van der Waals surface area (Å²) in [5.74, 6) is 0.256. The summed E-state index contributed by atoms with van der Waals surface area (Å²) in [6.45, 7) is 0.194. The number of thioether (sulfide) groups is 2. The van der Waals surface area contributed by atoms with E-state index >= 15 is 0 Å². The summed E-state index contributed by atoms with van der Waals surface area (Å²) in [5, 5.41) is 5.74. The number of carbonyl (C=O) groups is 1. The van der Waals surface area contributed by atoms with Gasteiger partial charge in [-0.1, -0.05) is 0 Å². The molecule has 0 radical (unpaired) electrons. The summed E-state index contributed by atoms with van der Waals surface area (Å²) in [7, 11) is 0. The standard InChI is InChI=1S/C10H16F2N2OS2.ClH/c11-10(12)3-8(14-6-10)9(15)13-4-7-5-16-1-2-17-7;/h7-8,14H,1-6H2,(H,13,15);1H. The van der Waals surface area contributed by atoms with Crippen LogP contribution in [0.5, 0.6) is 0 Å². The molecule has 18 heavy (non-hydrogen) atoms. The molecule has 1 amide bonds. The van der Waals surface area contributed by atoms with E-state index in [9.17, 15) is 13.6 Å². The summed E-state index contributed by atoms with van der Waals surface area (Å²) < 4.78 is 25.8. The van der Waals surface area contributed by atoms with Gasteiger partial charge in [0.2, 0.25) is 5.91 Å². The van der Waals surface area contributed by atoms with Gasteiger partial charge in [0.15, 0.2) is 0 Å². The Hall–Kier alpha value is 0.280. The minimum absolute atomic E-state index is 0. The minimum Gasteiger partial charge on any atom is -0.354 e. The van der Waals surface area contributed by atoms with Crippen molar-refractivity contribution in [3.05, 3.63) is 0 Å². The second kappa shape index (κ2) is 7.17. The molecule has 2 heterocycles. The Morgan fingerprint density at radius 3 is 2.78 bits per heavy atom. The van der Waals surface area contributed by atoms with Crippen LogP contribution in [0.1, 0.15) is 6.42 Å². The zero-order valence-electron chi connectivity index (χ0n) is 9.79. The number of amides is 1.